The maximum absolute atomic E-state index is 14.7. The van der Waals surface area contributed by atoms with Gasteiger partial charge in [-0.1, -0.05) is 12.1 Å². The molecule has 15 heteroatoms. The number of benzene rings is 1. The normalized spacial score (nSPS) is 18.3. The second kappa shape index (κ2) is 12.2. The van der Waals surface area contributed by atoms with Gasteiger partial charge < -0.3 is 25.0 Å². The van der Waals surface area contributed by atoms with Crippen LogP contribution in [0.25, 0.3) is 0 Å². The summed E-state index contributed by atoms with van der Waals surface area (Å²) in [4.78, 5) is 61.7. The largest absolute Gasteiger partial charge is 0.451 e. The summed E-state index contributed by atoms with van der Waals surface area (Å²) < 4.78 is 77.1. The number of carbonyl (C=O) groups excluding carboxylic acids is 5. The van der Waals surface area contributed by atoms with Gasteiger partial charge in [0.15, 0.2) is 6.10 Å². The molecule has 1 fully saturated rings. The Labute approximate surface area is 219 Å². The molecule has 1 aromatic rings. The number of alkyl halides is 5. The molecule has 2 rings (SSSR count). The van der Waals surface area contributed by atoms with Crippen molar-refractivity contribution in [3.05, 3.63) is 41.0 Å². The Balaban J connectivity index is 2.31. The van der Waals surface area contributed by atoms with Gasteiger partial charge in [0.2, 0.25) is 5.91 Å². The zero-order chi connectivity index (χ0) is 29.7. The molecule has 1 saturated heterocycles. The molecule has 0 aromatic heterocycles. The van der Waals surface area contributed by atoms with E-state index in [9.17, 15) is 45.9 Å². The first-order chi connectivity index (χ1) is 18.0. The number of carbonyl (C=O) groups is 5. The summed E-state index contributed by atoms with van der Waals surface area (Å²) in [7, 11) is 0. The van der Waals surface area contributed by atoms with Crippen molar-refractivity contribution in [2.45, 2.75) is 51.9 Å². The van der Waals surface area contributed by atoms with Crippen LogP contribution in [0.3, 0.4) is 0 Å². The minimum absolute atomic E-state index is 0.0103. The van der Waals surface area contributed by atoms with E-state index in [1.54, 1.807) is 0 Å². The molecule has 39 heavy (non-hydrogen) atoms. The number of nitrogens with zero attached hydrogens (tertiary/aromatic N) is 1. The van der Waals surface area contributed by atoms with Crippen molar-refractivity contribution < 1.29 is 55.4 Å². The Kier molecular flexibility index (Phi) is 9.76. The van der Waals surface area contributed by atoms with Crippen LogP contribution in [0, 0.1) is 6.92 Å². The van der Waals surface area contributed by atoms with Crippen molar-refractivity contribution in [3.8, 4) is 5.75 Å². The van der Waals surface area contributed by atoms with E-state index in [0.717, 1.165) is 26.8 Å². The molecule has 0 bridgehead atoms. The Morgan fingerprint density at radius 1 is 1.13 bits per heavy atom. The van der Waals surface area contributed by atoms with Crippen LogP contribution in [-0.4, -0.2) is 78.4 Å². The van der Waals surface area contributed by atoms with Crippen molar-refractivity contribution in [3.63, 3.8) is 0 Å². The molecule has 2 unspecified atom stereocenters. The quantitative estimate of drug-likeness (QED) is 0.214. The first-order valence-corrected chi connectivity index (χ1v) is 11.4. The lowest BCUT2D eigenvalue weighted by Crippen LogP contribution is -2.53. The van der Waals surface area contributed by atoms with Gasteiger partial charge in [-0.05, 0) is 26.0 Å². The van der Waals surface area contributed by atoms with Crippen molar-refractivity contribution in [1.29, 1.82) is 0 Å². The topological polar surface area (TPSA) is 131 Å². The summed E-state index contributed by atoms with van der Waals surface area (Å²) in [5.74, 6) is -9.06. The third kappa shape index (κ3) is 7.97. The van der Waals surface area contributed by atoms with E-state index in [4.69, 9.17) is 9.47 Å². The second-order valence-electron chi connectivity index (χ2n) is 8.48. The lowest BCUT2D eigenvalue weighted by Gasteiger charge is -2.27. The maximum Gasteiger partial charge on any atom is 0.405 e. The van der Waals surface area contributed by atoms with E-state index >= 15 is 0 Å². The number of rotatable bonds is 8. The summed E-state index contributed by atoms with van der Waals surface area (Å²) in [6.45, 7) is 0.692. The fourth-order valence-electron chi connectivity index (χ4n) is 3.88. The van der Waals surface area contributed by atoms with Crippen LogP contribution in [-0.2, 0) is 23.9 Å². The van der Waals surface area contributed by atoms with E-state index < -0.39 is 79.1 Å². The van der Waals surface area contributed by atoms with E-state index in [1.165, 1.54) is 30.4 Å². The number of hydrogen-bond acceptors (Lipinski definition) is 7. The average Bonchev–Trinajstić information content (AvgIpc) is 3.10. The highest BCUT2D eigenvalue weighted by atomic mass is 19.4. The van der Waals surface area contributed by atoms with Crippen molar-refractivity contribution >= 4 is 29.7 Å². The molecule has 10 nitrogen and oxygen atoms in total. The van der Waals surface area contributed by atoms with Crippen LogP contribution in [0.15, 0.2) is 29.8 Å². The Hall–Kier alpha value is -4.04. The zero-order valence-electron chi connectivity index (χ0n) is 21.3. The second-order valence-corrected chi connectivity index (χ2v) is 8.48. The molecule has 0 radical (unpaired) electrons. The lowest BCUT2D eigenvalue weighted by molar-refractivity contribution is -0.160. The molecule has 0 spiro atoms. The highest BCUT2D eigenvalue weighted by Crippen LogP contribution is 2.38. The summed E-state index contributed by atoms with van der Waals surface area (Å²) >= 11 is 0. The van der Waals surface area contributed by atoms with Gasteiger partial charge in [0.25, 0.3) is 17.7 Å². The minimum atomic E-state index is -4.85. The molecular weight excluding hydrogens is 537 g/mol. The van der Waals surface area contributed by atoms with Crippen LogP contribution in [0.4, 0.5) is 22.0 Å². The fraction of sp³-hybridized carbons (Fsp3) is 0.458. The molecule has 1 aromatic carbocycles. The number of halogens is 5. The number of nitrogens with one attached hydrogen (secondary N) is 2. The van der Waals surface area contributed by atoms with Crippen LogP contribution >= 0.6 is 0 Å². The van der Waals surface area contributed by atoms with Crippen LogP contribution in [0.2, 0.25) is 0 Å². The maximum atomic E-state index is 14.7. The zero-order valence-corrected chi connectivity index (χ0v) is 21.3. The van der Waals surface area contributed by atoms with Gasteiger partial charge in [0.05, 0.1) is 13.1 Å². The number of hydrogen-bond donors (Lipinski definition) is 2. The molecule has 1 aliphatic rings. The molecule has 2 N–H and O–H groups in total. The highest BCUT2D eigenvalue weighted by Gasteiger charge is 2.55. The summed E-state index contributed by atoms with van der Waals surface area (Å²) in [5.41, 5.74) is -0.658. The molecule has 2 atom stereocenters. The molecular formula is C24H26F5N3O7. The number of ether oxygens (including phenoxy) is 2. The number of allylic oxidation sites excluding steroid dienone is 1. The first-order valence-electron chi connectivity index (χ1n) is 11.4. The van der Waals surface area contributed by atoms with Crippen LogP contribution in [0.1, 0.15) is 36.7 Å². The Morgan fingerprint density at radius 2 is 1.77 bits per heavy atom. The van der Waals surface area contributed by atoms with Crippen LogP contribution in [0.5, 0.6) is 5.75 Å². The summed E-state index contributed by atoms with van der Waals surface area (Å²) in [5, 5.41) is 3.79. The molecule has 3 amide bonds. The predicted octanol–water partition coefficient (Wildman–Crippen LogP) is 2.05. The SMILES string of the molecule is C/C=C1/C(C(=O)NCC(F)(F)F)N(C(=O)C(CNC(=O)c2cccc(OC(C)=O)c2C)OC(C)=O)CC1(F)F. The molecule has 1 aliphatic heterocycles. The van der Waals surface area contributed by atoms with E-state index in [2.05, 4.69) is 5.32 Å². The van der Waals surface area contributed by atoms with Gasteiger partial charge in [-0.15, -0.1) is 0 Å². The summed E-state index contributed by atoms with van der Waals surface area (Å²) in [6, 6.07) is 2.07. The van der Waals surface area contributed by atoms with Gasteiger partial charge in [0.1, 0.15) is 18.3 Å². The lowest BCUT2D eigenvalue weighted by atomic mass is 10.0. The third-order valence-electron chi connectivity index (χ3n) is 5.52. The van der Waals surface area contributed by atoms with Gasteiger partial charge >= 0.3 is 18.1 Å². The van der Waals surface area contributed by atoms with Crippen molar-refractivity contribution in [1.82, 2.24) is 15.5 Å². The first kappa shape index (κ1) is 31.2. The Bertz CT molecular complexity index is 1180. The molecule has 0 saturated carbocycles. The number of likely N-dealkylation sites (tertiary alicyclic amines) is 1. The molecule has 214 valence electrons. The Morgan fingerprint density at radius 3 is 2.31 bits per heavy atom. The van der Waals surface area contributed by atoms with Gasteiger partial charge in [-0.2, -0.15) is 22.0 Å². The van der Waals surface area contributed by atoms with Gasteiger partial charge in [0, 0.05) is 30.5 Å². The van der Waals surface area contributed by atoms with Gasteiger partial charge in [-0.25, -0.2) is 0 Å². The highest BCUT2D eigenvalue weighted by molar-refractivity contribution is 5.97. The monoisotopic (exact) mass is 563 g/mol. The van der Waals surface area contributed by atoms with E-state index in [1.807, 2.05) is 0 Å². The smallest absolute Gasteiger partial charge is 0.405 e. The average molecular weight is 563 g/mol. The van der Waals surface area contributed by atoms with Gasteiger partial charge in [-0.3, -0.25) is 24.0 Å². The van der Waals surface area contributed by atoms with Crippen molar-refractivity contribution in [2.75, 3.05) is 19.6 Å². The standard InChI is InChI=1S/C24H26F5N3O7/c1-5-16-19(21(36)31-10-24(27,28)29)32(11-23(16,25)26)22(37)18(39-14(4)34)9-30-20(35)15-7-6-8-17(12(15)2)38-13(3)33/h5-8,18-19H,9-11H2,1-4H3,(H,30,35)(H,31,36)/b16-5-. The van der Waals surface area contributed by atoms with E-state index in [-0.39, 0.29) is 16.9 Å². The van der Waals surface area contributed by atoms with Crippen molar-refractivity contribution in [2.24, 2.45) is 0 Å². The molecule has 0 aliphatic carbocycles. The minimum Gasteiger partial charge on any atom is -0.451 e. The third-order valence-corrected chi connectivity index (χ3v) is 5.52. The predicted molar refractivity (Wildman–Crippen MR) is 124 cm³/mol. The van der Waals surface area contributed by atoms with Crippen LogP contribution < -0.4 is 15.4 Å². The fourth-order valence-corrected chi connectivity index (χ4v) is 3.88. The van der Waals surface area contributed by atoms with E-state index in [0.29, 0.717) is 4.90 Å². The number of esters is 2. The summed E-state index contributed by atoms with van der Waals surface area (Å²) in [6.07, 6.45) is -5.95. The molecule has 1 heterocycles. The number of amides is 3.